The van der Waals surface area contributed by atoms with Crippen LogP contribution in [0.5, 0.6) is 0 Å². The smallest absolute Gasteiger partial charge is 0.241 e. The molecule has 0 spiro atoms. The van der Waals surface area contributed by atoms with E-state index in [0.29, 0.717) is 24.8 Å². The molecule has 18 heavy (non-hydrogen) atoms. The maximum absolute atomic E-state index is 9.61. The van der Waals surface area contributed by atoms with Gasteiger partial charge in [0.2, 0.25) is 11.7 Å². The van der Waals surface area contributed by atoms with E-state index in [9.17, 15) is 5.11 Å². The fraction of sp³-hybridized carbons (Fsp3) is 0.500. The number of likely N-dealkylation sites (tertiary alicyclic amines) is 1. The van der Waals surface area contributed by atoms with Crippen LogP contribution in [0.4, 0.5) is 0 Å². The Morgan fingerprint density at radius 3 is 3.28 bits per heavy atom. The maximum atomic E-state index is 9.61. The molecular formula is C12H15N3O2S. The van der Waals surface area contributed by atoms with Crippen LogP contribution in [-0.2, 0) is 6.54 Å². The molecule has 0 bridgehead atoms. The molecule has 3 heterocycles. The molecule has 6 heteroatoms. The van der Waals surface area contributed by atoms with E-state index in [4.69, 9.17) is 4.52 Å². The van der Waals surface area contributed by atoms with Crippen LogP contribution in [0.1, 0.15) is 18.7 Å². The molecule has 1 N–H and O–H groups in total. The molecular weight excluding hydrogens is 250 g/mol. The van der Waals surface area contributed by atoms with E-state index in [-0.39, 0.29) is 6.10 Å². The van der Waals surface area contributed by atoms with Crippen molar-refractivity contribution in [2.24, 2.45) is 0 Å². The Bertz CT molecular complexity index is 497. The molecule has 1 fully saturated rings. The normalized spacial score (nSPS) is 21.3. The van der Waals surface area contributed by atoms with Crippen molar-refractivity contribution in [3.63, 3.8) is 0 Å². The van der Waals surface area contributed by atoms with Crippen molar-refractivity contribution in [1.82, 2.24) is 15.0 Å². The van der Waals surface area contributed by atoms with Crippen molar-refractivity contribution in [1.29, 1.82) is 0 Å². The Balaban J connectivity index is 1.66. The minimum atomic E-state index is -0.224. The van der Waals surface area contributed by atoms with Gasteiger partial charge in [-0.1, -0.05) is 11.2 Å². The molecule has 3 rings (SSSR count). The third kappa shape index (κ3) is 2.60. The molecule has 5 nitrogen and oxygen atoms in total. The van der Waals surface area contributed by atoms with Crippen LogP contribution < -0.4 is 0 Å². The lowest BCUT2D eigenvalue weighted by Gasteiger charge is -2.28. The van der Waals surface area contributed by atoms with E-state index in [2.05, 4.69) is 15.0 Å². The van der Waals surface area contributed by atoms with E-state index in [1.165, 1.54) is 0 Å². The number of β-amino-alcohol motifs (C(OH)–C–C–N with tert-alkyl or cyclic N) is 1. The van der Waals surface area contributed by atoms with Crippen molar-refractivity contribution < 1.29 is 9.63 Å². The first kappa shape index (κ1) is 11.8. The fourth-order valence-corrected chi connectivity index (χ4v) is 2.84. The van der Waals surface area contributed by atoms with Crippen LogP contribution in [-0.4, -0.2) is 39.3 Å². The maximum Gasteiger partial charge on any atom is 0.241 e. The summed E-state index contributed by atoms with van der Waals surface area (Å²) < 4.78 is 5.25. The quantitative estimate of drug-likeness (QED) is 0.916. The summed E-state index contributed by atoms with van der Waals surface area (Å²) in [6, 6.07) is 3.95. The predicted molar refractivity (Wildman–Crippen MR) is 68.1 cm³/mol. The first-order valence-electron chi connectivity index (χ1n) is 6.08. The first-order chi connectivity index (χ1) is 8.81. The van der Waals surface area contributed by atoms with Gasteiger partial charge in [0, 0.05) is 6.54 Å². The Morgan fingerprint density at radius 2 is 2.50 bits per heavy atom. The molecule has 1 aliphatic rings. The lowest BCUT2D eigenvalue weighted by Crippen LogP contribution is -2.37. The fourth-order valence-electron chi connectivity index (χ4n) is 2.19. The second-order valence-corrected chi connectivity index (χ2v) is 5.47. The molecule has 0 amide bonds. The summed E-state index contributed by atoms with van der Waals surface area (Å²) in [6.45, 7) is 2.29. The summed E-state index contributed by atoms with van der Waals surface area (Å²) in [5.74, 6) is 1.27. The average molecular weight is 265 g/mol. The summed E-state index contributed by atoms with van der Waals surface area (Å²) in [4.78, 5) is 7.55. The zero-order valence-electron chi connectivity index (χ0n) is 9.95. The number of aliphatic hydroxyl groups is 1. The lowest BCUT2D eigenvalue weighted by atomic mass is 10.1. The average Bonchev–Trinajstić information content (AvgIpc) is 2.98. The summed E-state index contributed by atoms with van der Waals surface area (Å²) in [5.41, 5.74) is 0. The monoisotopic (exact) mass is 265 g/mol. The molecule has 2 aromatic heterocycles. The Labute approximate surface area is 109 Å². The van der Waals surface area contributed by atoms with Gasteiger partial charge in [-0.15, -0.1) is 11.3 Å². The molecule has 1 unspecified atom stereocenters. The number of rotatable bonds is 3. The molecule has 96 valence electrons. The van der Waals surface area contributed by atoms with Crippen molar-refractivity contribution in [3.05, 3.63) is 23.4 Å². The molecule has 0 radical (unpaired) electrons. The van der Waals surface area contributed by atoms with Gasteiger partial charge in [0.15, 0.2) is 0 Å². The number of aliphatic hydroxyl groups excluding tert-OH is 1. The highest BCUT2D eigenvalue weighted by atomic mass is 32.1. The van der Waals surface area contributed by atoms with Crippen molar-refractivity contribution >= 4 is 11.3 Å². The first-order valence-corrected chi connectivity index (χ1v) is 6.96. The topological polar surface area (TPSA) is 62.4 Å². The molecule has 1 atom stereocenters. The second-order valence-electron chi connectivity index (χ2n) is 4.52. The molecule has 2 aromatic rings. The van der Waals surface area contributed by atoms with E-state index in [1.807, 2.05) is 17.5 Å². The highest BCUT2D eigenvalue weighted by Gasteiger charge is 2.20. The van der Waals surface area contributed by atoms with E-state index in [0.717, 1.165) is 24.3 Å². The van der Waals surface area contributed by atoms with E-state index in [1.54, 1.807) is 11.3 Å². The van der Waals surface area contributed by atoms with E-state index < -0.39 is 0 Å². The second kappa shape index (κ2) is 5.17. The highest BCUT2D eigenvalue weighted by Crippen LogP contribution is 2.22. The van der Waals surface area contributed by atoms with Crippen LogP contribution in [0.3, 0.4) is 0 Å². The van der Waals surface area contributed by atoms with Crippen molar-refractivity contribution in [2.45, 2.75) is 25.5 Å². The van der Waals surface area contributed by atoms with Gasteiger partial charge in [0.05, 0.1) is 17.5 Å². The third-order valence-corrected chi connectivity index (χ3v) is 3.91. The number of hydrogen-bond donors (Lipinski definition) is 1. The third-order valence-electron chi connectivity index (χ3n) is 3.05. The van der Waals surface area contributed by atoms with Crippen LogP contribution in [0.25, 0.3) is 10.7 Å². The Morgan fingerprint density at radius 1 is 1.56 bits per heavy atom. The predicted octanol–water partition coefficient (Wildman–Crippen LogP) is 1.75. The summed E-state index contributed by atoms with van der Waals surface area (Å²) in [5, 5.41) is 15.6. The van der Waals surface area contributed by atoms with Gasteiger partial charge < -0.3 is 9.63 Å². The highest BCUT2D eigenvalue weighted by molar-refractivity contribution is 7.13. The standard InChI is InChI=1S/C12H15N3O2S/c16-9-3-1-5-15(7-9)8-11-13-12(14-17-11)10-4-2-6-18-10/h2,4,6,9,16H,1,3,5,7-8H2. The zero-order chi connectivity index (χ0) is 12.4. The number of piperidine rings is 1. The molecule has 0 aliphatic carbocycles. The van der Waals surface area contributed by atoms with Gasteiger partial charge in [0.25, 0.3) is 0 Å². The Hall–Kier alpha value is -1.24. The summed E-state index contributed by atoms with van der Waals surface area (Å²) in [7, 11) is 0. The van der Waals surface area contributed by atoms with Gasteiger partial charge in [-0.25, -0.2) is 0 Å². The van der Waals surface area contributed by atoms with E-state index >= 15 is 0 Å². The van der Waals surface area contributed by atoms with Gasteiger partial charge in [-0.2, -0.15) is 4.98 Å². The number of aromatic nitrogens is 2. The minimum absolute atomic E-state index is 0.224. The zero-order valence-corrected chi connectivity index (χ0v) is 10.8. The number of thiophene rings is 1. The molecule has 0 saturated carbocycles. The number of hydrogen-bond acceptors (Lipinski definition) is 6. The van der Waals surface area contributed by atoms with Gasteiger partial charge in [0.1, 0.15) is 0 Å². The van der Waals surface area contributed by atoms with Crippen LogP contribution in [0.2, 0.25) is 0 Å². The van der Waals surface area contributed by atoms with Gasteiger partial charge in [-0.05, 0) is 30.8 Å². The van der Waals surface area contributed by atoms with Crippen LogP contribution >= 0.6 is 11.3 Å². The lowest BCUT2D eigenvalue weighted by molar-refractivity contribution is 0.0613. The summed E-state index contributed by atoms with van der Waals surface area (Å²) in [6.07, 6.45) is 1.69. The van der Waals surface area contributed by atoms with Crippen molar-refractivity contribution in [2.75, 3.05) is 13.1 Å². The number of nitrogens with zero attached hydrogens (tertiary/aromatic N) is 3. The molecule has 1 aliphatic heterocycles. The van der Waals surface area contributed by atoms with Crippen molar-refractivity contribution in [3.8, 4) is 10.7 Å². The summed E-state index contributed by atoms with van der Waals surface area (Å²) >= 11 is 1.60. The van der Waals surface area contributed by atoms with Crippen LogP contribution in [0.15, 0.2) is 22.0 Å². The molecule has 1 saturated heterocycles. The Kier molecular flexibility index (Phi) is 3.40. The van der Waals surface area contributed by atoms with Gasteiger partial charge in [-0.3, -0.25) is 4.90 Å². The largest absolute Gasteiger partial charge is 0.392 e. The van der Waals surface area contributed by atoms with Gasteiger partial charge >= 0.3 is 0 Å². The minimum Gasteiger partial charge on any atom is -0.392 e. The SMILES string of the molecule is OC1CCCN(Cc2nc(-c3cccs3)no2)C1. The molecule has 0 aromatic carbocycles. The van der Waals surface area contributed by atoms with Crippen LogP contribution in [0, 0.1) is 0 Å².